The van der Waals surface area contributed by atoms with Crippen LogP contribution in [0.25, 0.3) is 0 Å². The van der Waals surface area contributed by atoms with Crippen LogP contribution in [0.2, 0.25) is 0 Å². The standard InChI is InChI=1S/C16H27O4P/c1-6-16(2,3)15-11-7-9-14(13-15)10-8-12-20-21(17,18-4)19-5/h7,9,11,13H,6,8,10,12H2,1-5H3. The second-order valence-corrected chi connectivity index (χ2v) is 7.57. The van der Waals surface area contributed by atoms with Crippen LogP contribution in [0.1, 0.15) is 44.7 Å². The van der Waals surface area contributed by atoms with E-state index in [0.717, 1.165) is 19.3 Å². The number of rotatable bonds is 9. The molecule has 0 aliphatic heterocycles. The van der Waals surface area contributed by atoms with Gasteiger partial charge in [0.25, 0.3) is 0 Å². The molecule has 120 valence electrons. The van der Waals surface area contributed by atoms with Crippen molar-refractivity contribution in [1.29, 1.82) is 0 Å². The lowest BCUT2D eigenvalue weighted by Gasteiger charge is -2.24. The highest BCUT2D eigenvalue weighted by Crippen LogP contribution is 2.47. The molecule has 0 atom stereocenters. The highest BCUT2D eigenvalue weighted by Gasteiger charge is 2.22. The first-order valence-electron chi connectivity index (χ1n) is 7.32. The van der Waals surface area contributed by atoms with Crippen molar-refractivity contribution in [2.45, 2.75) is 45.4 Å². The van der Waals surface area contributed by atoms with Crippen LogP contribution in [0.3, 0.4) is 0 Å². The zero-order valence-electron chi connectivity index (χ0n) is 13.7. The molecule has 0 aliphatic carbocycles. The number of benzene rings is 1. The number of hydrogen-bond acceptors (Lipinski definition) is 4. The molecule has 0 saturated heterocycles. The van der Waals surface area contributed by atoms with Crippen LogP contribution in [0, 0.1) is 0 Å². The summed E-state index contributed by atoms with van der Waals surface area (Å²) in [5, 5.41) is 0. The summed E-state index contributed by atoms with van der Waals surface area (Å²) in [6.45, 7) is 7.05. The first-order chi connectivity index (χ1) is 9.87. The molecule has 0 aromatic heterocycles. The Kier molecular flexibility index (Phi) is 7.08. The van der Waals surface area contributed by atoms with Crippen molar-refractivity contribution in [3.05, 3.63) is 35.4 Å². The zero-order valence-corrected chi connectivity index (χ0v) is 14.6. The van der Waals surface area contributed by atoms with Crippen molar-refractivity contribution in [3.8, 4) is 0 Å². The minimum atomic E-state index is -3.34. The molecule has 21 heavy (non-hydrogen) atoms. The predicted molar refractivity (Wildman–Crippen MR) is 85.7 cm³/mol. The van der Waals surface area contributed by atoms with E-state index in [9.17, 15) is 4.57 Å². The first-order valence-corrected chi connectivity index (χ1v) is 8.78. The van der Waals surface area contributed by atoms with Gasteiger partial charge in [0.05, 0.1) is 6.61 Å². The maximum Gasteiger partial charge on any atom is 0.474 e. The van der Waals surface area contributed by atoms with Gasteiger partial charge in [-0.2, -0.15) is 0 Å². The molecule has 0 spiro atoms. The Morgan fingerprint density at radius 3 is 2.43 bits per heavy atom. The van der Waals surface area contributed by atoms with E-state index in [-0.39, 0.29) is 5.41 Å². The van der Waals surface area contributed by atoms with Crippen LogP contribution in [0.5, 0.6) is 0 Å². The van der Waals surface area contributed by atoms with Gasteiger partial charge >= 0.3 is 7.82 Å². The molecular formula is C16H27O4P. The summed E-state index contributed by atoms with van der Waals surface area (Å²) in [6.07, 6.45) is 2.75. The summed E-state index contributed by atoms with van der Waals surface area (Å²) in [4.78, 5) is 0. The fraction of sp³-hybridized carbons (Fsp3) is 0.625. The van der Waals surface area contributed by atoms with Crippen LogP contribution in [-0.2, 0) is 30.0 Å². The maximum atomic E-state index is 11.7. The van der Waals surface area contributed by atoms with E-state index in [1.54, 1.807) is 0 Å². The smallest absolute Gasteiger partial charge is 0.290 e. The van der Waals surface area contributed by atoms with Crippen LogP contribution >= 0.6 is 7.82 Å². The number of hydrogen-bond donors (Lipinski definition) is 0. The van der Waals surface area contributed by atoms with Crippen molar-refractivity contribution < 1.29 is 18.1 Å². The Morgan fingerprint density at radius 2 is 1.86 bits per heavy atom. The average Bonchev–Trinajstić information content (AvgIpc) is 2.51. The molecule has 0 heterocycles. The van der Waals surface area contributed by atoms with Gasteiger partial charge in [-0.3, -0.25) is 13.6 Å². The fourth-order valence-electron chi connectivity index (χ4n) is 1.98. The lowest BCUT2D eigenvalue weighted by Crippen LogP contribution is -2.15. The summed E-state index contributed by atoms with van der Waals surface area (Å²) in [5.41, 5.74) is 2.80. The molecule has 0 N–H and O–H groups in total. The highest BCUT2D eigenvalue weighted by atomic mass is 31.2. The second-order valence-electron chi connectivity index (χ2n) is 5.69. The Morgan fingerprint density at radius 1 is 1.19 bits per heavy atom. The van der Waals surface area contributed by atoms with Gasteiger partial charge in [0.2, 0.25) is 0 Å². The SMILES string of the molecule is CCC(C)(C)c1cccc(CCCOP(=O)(OC)OC)c1. The quantitative estimate of drug-likeness (QED) is 0.488. The number of aryl methyl sites for hydroxylation is 1. The normalized spacial score (nSPS) is 12.6. The van der Waals surface area contributed by atoms with Gasteiger partial charge in [0.15, 0.2) is 0 Å². The van der Waals surface area contributed by atoms with E-state index >= 15 is 0 Å². The molecule has 0 saturated carbocycles. The summed E-state index contributed by atoms with van der Waals surface area (Å²) in [7, 11) is -0.703. The van der Waals surface area contributed by atoms with Crippen LogP contribution < -0.4 is 0 Å². The number of phosphoric ester groups is 1. The van der Waals surface area contributed by atoms with Crippen molar-refractivity contribution in [2.75, 3.05) is 20.8 Å². The third-order valence-electron chi connectivity index (χ3n) is 3.90. The van der Waals surface area contributed by atoms with E-state index in [1.807, 2.05) is 0 Å². The molecule has 4 nitrogen and oxygen atoms in total. The van der Waals surface area contributed by atoms with Crippen molar-refractivity contribution in [3.63, 3.8) is 0 Å². The van der Waals surface area contributed by atoms with Gasteiger partial charge in [0.1, 0.15) is 0 Å². The summed E-state index contributed by atoms with van der Waals surface area (Å²) < 4.78 is 26.4. The Bertz CT molecular complexity index is 477. The molecular weight excluding hydrogens is 287 g/mol. The topological polar surface area (TPSA) is 44.8 Å². The molecule has 1 aromatic carbocycles. The van der Waals surface area contributed by atoms with Crippen LogP contribution in [0.4, 0.5) is 0 Å². The second kappa shape index (κ2) is 8.09. The fourth-order valence-corrected chi connectivity index (χ4v) is 2.70. The lowest BCUT2D eigenvalue weighted by atomic mass is 9.81. The molecule has 0 aliphatic rings. The molecule has 5 heteroatoms. The largest absolute Gasteiger partial charge is 0.474 e. The van der Waals surface area contributed by atoms with Gasteiger partial charge < -0.3 is 0 Å². The van der Waals surface area contributed by atoms with Crippen molar-refractivity contribution in [1.82, 2.24) is 0 Å². The van der Waals surface area contributed by atoms with Gasteiger partial charge in [-0.1, -0.05) is 45.0 Å². The predicted octanol–water partition coefficient (Wildman–Crippen LogP) is 4.72. The van der Waals surface area contributed by atoms with E-state index in [4.69, 9.17) is 13.6 Å². The molecule has 0 amide bonds. The van der Waals surface area contributed by atoms with E-state index in [1.165, 1.54) is 25.3 Å². The minimum absolute atomic E-state index is 0.189. The summed E-state index contributed by atoms with van der Waals surface area (Å²) in [6, 6.07) is 8.63. The van der Waals surface area contributed by atoms with Gasteiger partial charge in [-0.15, -0.1) is 0 Å². The summed E-state index contributed by atoms with van der Waals surface area (Å²) in [5.74, 6) is 0. The molecule has 0 unspecified atom stereocenters. The van der Waals surface area contributed by atoms with Crippen LogP contribution in [-0.4, -0.2) is 20.8 Å². The van der Waals surface area contributed by atoms with Crippen molar-refractivity contribution >= 4 is 7.82 Å². The Balaban J connectivity index is 2.54. The van der Waals surface area contributed by atoms with Crippen LogP contribution in [0.15, 0.2) is 24.3 Å². The highest BCUT2D eigenvalue weighted by molar-refractivity contribution is 7.48. The van der Waals surface area contributed by atoms with Gasteiger partial charge in [-0.05, 0) is 35.8 Å². The summed E-state index contributed by atoms with van der Waals surface area (Å²) >= 11 is 0. The lowest BCUT2D eigenvalue weighted by molar-refractivity contribution is 0.151. The Labute approximate surface area is 128 Å². The maximum absolute atomic E-state index is 11.7. The van der Waals surface area contributed by atoms with Gasteiger partial charge in [0, 0.05) is 14.2 Å². The first kappa shape index (κ1) is 18.4. The molecule has 1 rings (SSSR count). The van der Waals surface area contributed by atoms with E-state index < -0.39 is 7.82 Å². The minimum Gasteiger partial charge on any atom is -0.290 e. The molecule has 0 bridgehead atoms. The van der Waals surface area contributed by atoms with E-state index in [0.29, 0.717) is 6.61 Å². The molecule has 0 radical (unpaired) electrons. The molecule has 0 fully saturated rings. The average molecular weight is 314 g/mol. The number of phosphoric acid groups is 1. The monoisotopic (exact) mass is 314 g/mol. The third-order valence-corrected chi connectivity index (χ3v) is 5.29. The third kappa shape index (κ3) is 5.55. The van der Waals surface area contributed by atoms with E-state index in [2.05, 4.69) is 45.0 Å². The molecule has 1 aromatic rings. The van der Waals surface area contributed by atoms with Gasteiger partial charge in [-0.25, -0.2) is 4.57 Å². The zero-order chi connectivity index (χ0) is 15.9. The Hall–Kier alpha value is -0.670. The van der Waals surface area contributed by atoms with Crippen molar-refractivity contribution in [2.24, 2.45) is 0 Å².